The second-order valence-corrected chi connectivity index (χ2v) is 11.6. The number of hydrogen-bond donors (Lipinski definition) is 0. The molecule has 2 aromatic rings. The summed E-state index contributed by atoms with van der Waals surface area (Å²) in [4.78, 5) is 0. The summed E-state index contributed by atoms with van der Waals surface area (Å²) in [6.45, 7) is 3.59. The van der Waals surface area contributed by atoms with Crippen molar-refractivity contribution in [3.8, 4) is 17.6 Å². The lowest BCUT2D eigenvalue weighted by molar-refractivity contribution is -0.0597. The molecule has 0 unspecified atom stereocenters. The molecule has 16 heteroatoms. The van der Waals surface area contributed by atoms with Crippen LogP contribution >= 0.6 is 0 Å². The van der Waals surface area contributed by atoms with Crippen molar-refractivity contribution in [1.29, 1.82) is 5.26 Å². The van der Waals surface area contributed by atoms with E-state index in [0.717, 1.165) is 12.1 Å². The molecule has 0 bridgehead atoms. The van der Waals surface area contributed by atoms with Crippen LogP contribution in [0.1, 0.15) is 44.2 Å². The molecule has 0 saturated heterocycles. The molecule has 0 aliphatic carbocycles. The normalized spacial score (nSPS) is 12.9. The lowest BCUT2D eigenvalue weighted by Crippen LogP contribution is -2.25. The summed E-state index contributed by atoms with van der Waals surface area (Å²) in [5.74, 6) is 0.0273. The van der Waals surface area contributed by atoms with Crippen LogP contribution in [0.2, 0.25) is 0 Å². The molecule has 0 fully saturated rings. The van der Waals surface area contributed by atoms with Gasteiger partial charge in [-0.05, 0) is 61.4 Å². The predicted octanol–water partition coefficient (Wildman–Crippen LogP) is 4.54. The van der Waals surface area contributed by atoms with Crippen molar-refractivity contribution in [2.75, 3.05) is 24.7 Å². The van der Waals surface area contributed by atoms with Crippen molar-refractivity contribution in [3.63, 3.8) is 0 Å². The van der Waals surface area contributed by atoms with Crippen molar-refractivity contribution in [1.82, 2.24) is 0 Å². The Labute approximate surface area is 236 Å². The van der Waals surface area contributed by atoms with Gasteiger partial charge < -0.3 is 9.47 Å². The first kappa shape index (κ1) is 33.4. The van der Waals surface area contributed by atoms with Gasteiger partial charge in [0.1, 0.15) is 17.6 Å². The molecule has 0 amide bonds. The van der Waals surface area contributed by atoms with E-state index in [-0.39, 0.29) is 36.8 Å². The lowest BCUT2D eigenvalue weighted by atomic mass is 10.1. The van der Waals surface area contributed by atoms with Gasteiger partial charge in [0.05, 0.1) is 24.7 Å². The average molecular weight is 620 g/mol. The van der Waals surface area contributed by atoms with Gasteiger partial charge in [0.15, 0.2) is 11.4 Å². The van der Waals surface area contributed by atoms with E-state index < -0.39 is 43.4 Å². The molecule has 0 N–H and O–H groups in total. The van der Waals surface area contributed by atoms with Crippen LogP contribution in [0.4, 0.5) is 13.2 Å². The number of oxime groups is 2. The maximum atomic E-state index is 13.4. The minimum absolute atomic E-state index is 0.159. The van der Waals surface area contributed by atoms with E-state index in [4.69, 9.17) is 9.47 Å². The van der Waals surface area contributed by atoms with Crippen LogP contribution in [0, 0.1) is 11.3 Å². The Kier molecular flexibility index (Phi) is 12.4. The van der Waals surface area contributed by atoms with Gasteiger partial charge >= 0.3 is 26.4 Å². The van der Waals surface area contributed by atoms with Gasteiger partial charge in [-0.3, -0.25) is 8.57 Å². The Balaban J connectivity index is 1.88. The van der Waals surface area contributed by atoms with Gasteiger partial charge in [-0.2, -0.15) is 35.3 Å². The van der Waals surface area contributed by atoms with Crippen LogP contribution in [-0.4, -0.2) is 59.2 Å². The first-order valence-corrected chi connectivity index (χ1v) is 15.4. The first-order chi connectivity index (χ1) is 19.3. The summed E-state index contributed by atoms with van der Waals surface area (Å²) < 4.78 is 106. The Morgan fingerprint density at radius 1 is 0.780 bits per heavy atom. The summed E-state index contributed by atoms with van der Waals surface area (Å²) in [6.07, 6.45) is -4.04. The topological polar surface area (TPSA) is 154 Å². The highest BCUT2D eigenvalue weighted by Gasteiger charge is 2.38. The van der Waals surface area contributed by atoms with E-state index in [1.54, 1.807) is 25.1 Å². The molecule has 0 atom stereocenters. The van der Waals surface area contributed by atoms with E-state index in [0.29, 0.717) is 24.2 Å². The maximum Gasteiger partial charge on any atom is 0.437 e. The number of benzene rings is 2. The van der Waals surface area contributed by atoms with Crippen LogP contribution < -0.4 is 9.47 Å². The highest BCUT2D eigenvalue weighted by Crippen LogP contribution is 2.25. The van der Waals surface area contributed by atoms with Crippen molar-refractivity contribution >= 4 is 31.7 Å². The number of nitrogens with zero attached hydrogens (tertiary/aromatic N) is 3. The van der Waals surface area contributed by atoms with Crippen LogP contribution in [0.25, 0.3) is 0 Å². The van der Waals surface area contributed by atoms with E-state index in [2.05, 4.69) is 18.9 Å². The van der Waals surface area contributed by atoms with Gasteiger partial charge in [0.25, 0.3) is 0 Å². The monoisotopic (exact) mass is 619 g/mol. The number of nitriles is 1. The molecule has 224 valence electrons. The Hall–Kier alpha value is -3.84. The largest absolute Gasteiger partial charge is 0.493 e. The van der Waals surface area contributed by atoms with E-state index in [1.165, 1.54) is 31.2 Å². The van der Waals surface area contributed by atoms with E-state index in [9.17, 15) is 35.3 Å². The Morgan fingerprint density at radius 2 is 1.22 bits per heavy atom. The van der Waals surface area contributed by atoms with Crippen molar-refractivity contribution in [2.45, 2.75) is 39.3 Å². The van der Waals surface area contributed by atoms with Crippen LogP contribution in [-0.2, 0) is 28.8 Å². The van der Waals surface area contributed by atoms with E-state index in [1.807, 2.05) is 0 Å². The second kappa shape index (κ2) is 15.2. The molecule has 0 aliphatic heterocycles. The molecule has 2 aromatic carbocycles. The molecule has 0 aliphatic rings. The zero-order valence-corrected chi connectivity index (χ0v) is 23.8. The van der Waals surface area contributed by atoms with Crippen molar-refractivity contribution in [3.05, 3.63) is 59.7 Å². The second-order valence-electron chi connectivity index (χ2n) is 8.26. The van der Waals surface area contributed by atoms with Gasteiger partial charge in [0.2, 0.25) is 0 Å². The third-order valence-corrected chi connectivity index (χ3v) is 7.27. The van der Waals surface area contributed by atoms with Crippen molar-refractivity contribution in [2.24, 2.45) is 10.3 Å². The fourth-order valence-corrected chi connectivity index (χ4v) is 4.55. The standard InChI is InChI=1S/C25H28F3N3O8S2/c1-3-16-40(32,33)38-30-23(18-29)19-6-10-21(11-7-19)36-14-5-15-37-22-12-8-20(9-13-22)24(25(26,27)28)31-39-41(34,35)17-4-2/h6-13H,3-5,14-17H2,1-2H3/b30-23+,31-24-. The highest BCUT2D eigenvalue weighted by molar-refractivity contribution is 7.86. The molecule has 0 radical (unpaired) electrons. The summed E-state index contributed by atoms with van der Waals surface area (Å²) >= 11 is 0. The third kappa shape index (κ3) is 11.7. The molecular weight excluding hydrogens is 591 g/mol. The molecule has 0 saturated carbocycles. The summed E-state index contributed by atoms with van der Waals surface area (Å²) in [7, 11) is -8.09. The smallest absolute Gasteiger partial charge is 0.437 e. The van der Waals surface area contributed by atoms with Gasteiger partial charge in [-0.25, -0.2) is 0 Å². The van der Waals surface area contributed by atoms with Gasteiger partial charge in [-0.15, -0.1) is 0 Å². The molecule has 41 heavy (non-hydrogen) atoms. The summed E-state index contributed by atoms with van der Waals surface area (Å²) in [5, 5.41) is 15.5. The zero-order chi connectivity index (χ0) is 30.5. The Morgan fingerprint density at radius 3 is 1.63 bits per heavy atom. The van der Waals surface area contributed by atoms with Crippen LogP contribution in [0.5, 0.6) is 11.5 Å². The fraction of sp³-hybridized carbons (Fsp3) is 0.400. The average Bonchev–Trinajstić information content (AvgIpc) is 2.89. The molecule has 11 nitrogen and oxygen atoms in total. The number of ether oxygens (including phenoxy) is 2. The zero-order valence-electron chi connectivity index (χ0n) is 22.1. The SMILES string of the molecule is CCCS(=O)(=O)O/N=C(\C#N)c1ccc(OCCCOc2ccc(/C(=N/OS(=O)(=O)CCC)C(F)(F)F)cc2)cc1. The van der Waals surface area contributed by atoms with Gasteiger partial charge in [-0.1, -0.05) is 24.2 Å². The number of alkyl halides is 3. The Bertz CT molecular complexity index is 1450. The highest BCUT2D eigenvalue weighted by atomic mass is 32.2. The molecule has 0 heterocycles. The molecule has 2 rings (SSSR count). The van der Waals surface area contributed by atoms with E-state index >= 15 is 0 Å². The van der Waals surface area contributed by atoms with Gasteiger partial charge in [0, 0.05) is 17.5 Å². The summed E-state index contributed by atoms with van der Waals surface area (Å²) in [6, 6.07) is 12.6. The number of rotatable bonds is 16. The third-order valence-electron chi connectivity index (χ3n) is 4.85. The van der Waals surface area contributed by atoms with Crippen LogP contribution in [0.3, 0.4) is 0 Å². The lowest BCUT2D eigenvalue weighted by Gasteiger charge is -2.12. The maximum absolute atomic E-state index is 13.4. The minimum atomic E-state index is -4.95. The predicted molar refractivity (Wildman–Crippen MR) is 144 cm³/mol. The number of halogens is 3. The first-order valence-electron chi connectivity index (χ1n) is 12.2. The summed E-state index contributed by atoms with van der Waals surface area (Å²) in [5.41, 5.74) is -1.79. The fourth-order valence-electron chi connectivity index (χ4n) is 3.03. The molecule has 0 spiro atoms. The molecular formula is C25H28F3N3O8S2. The minimum Gasteiger partial charge on any atom is -0.493 e. The number of hydrogen-bond acceptors (Lipinski definition) is 11. The van der Waals surface area contributed by atoms with Crippen molar-refractivity contribution < 1.29 is 48.0 Å². The quantitative estimate of drug-likeness (QED) is 0.150. The molecule has 0 aromatic heterocycles. The van der Waals surface area contributed by atoms with Crippen LogP contribution in [0.15, 0.2) is 58.8 Å².